The molecule has 13 heavy (non-hydrogen) atoms. The van der Waals surface area contributed by atoms with Crippen molar-refractivity contribution in [1.82, 2.24) is 0 Å². The third-order valence-corrected chi connectivity index (χ3v) is 44.3. The van der Waals surface area contributed by atoms with Crippen molar-refractivity contribution >= 4 is 16.6 Å². The van der Waals surface area contributed by atoms with Crippen LogP contribution in [-0.4, -0.2) is 30.9 Å². The molecule has 0 bridgehead atoms. The fourth-order valence-electron chi connectivity index (χ4n) is 1.14. The van der Waals surface area contributed by atoms with Gasteiger partial charge in [-0.15, -0.1) is 0 Å². The molecule has 0 aromatic carbocycles. The standard InChI is InChI=1S/2C4H11OSi.Hg/c2*1-5-6(2,3)4;/h2*2H2,1,3-4H3;. The van der Waals surface area contributed by atoms with Crippen LogP contribution in [0.15, 0.2) is 0 Å². The van der Waals surface area contributed by atoms with E-state index in [0.29, 0.717) is 0 Å². The topological polar surface area (TPSA) is 18.5 Å². The molecular weight excluding hydrogens is 385 g/mol. The van der Waals surface area contributed by atoms with Crippen LogP contribution in [0.25, 0.3) is 0 Å². The van der Waals surface area contributed by atoms with Crippen LogP contribution in [0.3, 0.4) is 0 Å². The average molecular weight is 407 g/mol. The Morgan fingerprint density at radius 2 is 1.15 bits per heavy atom. The molecule has 0 amide bonds. The second kappa shape index (κ2) is 6.00. The van der Waals surface area contributed by atoms with E-state index >= 15 is 0 Å². The molecule has 0 aromatic rings. The quantitative estimate of drug-likeness (QED) is 0.631. The molecule has 0 spiro atoms. The first-order valence-corrected chi connectivity index (χ1v) is 18.9. The van der Waals surface area contributed by atoms with Gasteiger partial charge in [-0.25, -0.2) is 0 Å². The minimum atomic E-state index is -1.22. The van der Waals surface area contributed by atoms with Crippen molar-refractivity contribution in [2.24, 2.45) is 0 Å². The third kappa shape index (κ3) is 7.24. The number of rotatable bonds is 6. The average Bonchev–Trinajstić information content (AvgIpc) is 2.04. The van der Waals surface area contributed by atoms with Crippen LogP contribution in [0.4, 0.5) is 0 Å². The summed E-state index contributed by atoms with van der Waals surface area (Å²) in [7, 11) is 1.30. The number of hydrogen-bond acceptors (Lipinski definition) is 2. The van der Waals surface area contributed by atoms with Crippen LogP contribution >= 0.6 is 0 Å². The van der Waals surface area contributed by atoms with Gasteiger partial charge in [-0.2, -0.15) is 0 Å². The summed E-state index contributed by atoms with van der Waals surface area (Å²) in [6.07, 6.45) is 0. The maximum absolute atomic E-state index is 5.56. The van der Waals surface area contributed by atoms with Crippen molar-refractivity contribution in [3.8, 4) is 0 Å². The minimum absolute atomic E-state index is 0.671. The first-order valence-electron chi connectivity index (χ1n) is 4.93. The van der Waals surface area contributed by atoms with Gasteiger partial charge in [0.25, 0.3) is 0 Å². The second-order valence-electron chi connectivity index (χ2n) is 4.78. The molecule has 0 unspecified atom stereocenters. The molecule has 0 atom stereocenters. The summed E-state index contributed by atoms with van der Waals surface area (Å²) < 4.78 is 14.1. The van der Waals surface area contributed by atoms with Gasteiger partial charge in [0.1, 0.15) is 0 Å². The van der Waals surface area contributed by atoms with Crippen molar-refractivity contribution in [3.63, 3.8) is 0 Å². The molecule has 76 valence electrons. The van der Waals surface area contributed by atoms with Crippen molar-refractivity contribution in [2.75, 3.05) is 14.2 Å². The molecule has 0 aromatic heterocycles. The van der Waals surface area contributed by atoms with Crippen LogP contribution in [0.1, 0.15) is 0 Å². The Bertz CT molecular complexity index is 135. The molecule has 0 saturated heterocycles. The van der Waals surface area contributed by atoms with Gasteiger partial charge in [0.05, 0.1) is 0 Å². The van der Waals surface area contributed by atoms with E-state index in [1.165, 1.54) is 7.11 Å². The van der Waals surface area contributed by atoms with Gasteiger partial charge in [0, 0.05) is 0 Å². The maximum atomic E-state index is 5.56. The van der Waals surface area contributed by atoms with Gasteiger partial charge in [-0.05, 0) is 0 Å². The van der Waals surface area contributed by atoms with Gasteiger partial charge in [0.15, 0.2) is 0 Å². The van der Waals surface area contributed by atoms with Gasteiger partial charge in [0.2, 0.25) is 0 Å². The summed E-state index contributed by atoms with van der Waals surface area (Å²) in [5.41, 5.74) is 0. The first-order chi connectivity index (χ1) is 5.83. The van der Waals surface area contributed by atoms with Gasteiger partial charge in [-0.1, -0.05) is 0 Å². The Balaban J connectivity index is 3.68. The summed E-state index contributed by atoms with van der Waals surface area (Å²) in [4.78, 5) is 0. The van der Waals surface area contributed by atoms with Crippen LogP contribution in [0, 0.1) is 0 Å². The van der Waals surface area contributed by atoms with Gasteiger partial charge < -0.3 is 0 Å². The zero-order chi connectivity index (χ0) is 10.5. The first kappa shape index (κ1) is 14.3. The molecule has 0 aliphatic carbocycles. The fraction of sp³-hybridized carbons (Fsp3) is 1.00. The zero-order valence-electron chi connectivity index (χ0n) is 9.94. The molecule has 5 heteroatoms. The molecule has 0 aliphatic rings. The van der Waals surface area contributed by atoms with Crippen LogP contribution in [0.5, 0.6) is 0 Å². The van der Waals surface area contributed by atoms with E-state index < -0.39 is 41.2 Å². The van der Waals surface area contributed by atoms with E-state index in [2.05, 4.69) is 26.2 Å². The van der Waals surface area contributed by atoms with Crippen LogP contribution < -0.4 is 0 Å². The molecule has 0 saturated carbocycles. The Morgan fingerprint density at radius 3 is 1.38 bits per heavy atom. The third-order valence-electron chi connectivity index (χ3n) is 2.66. The normalized spacial score (nSPS) is 12.8. The Labute approximate surface area is 97.1 Å². The summed E-state index contributed by atoms with van der Waals surface area (Å²) >= 11 is -0.671. The molecular formula is C8H22HgO2Si2. The predicted molar refractivity (Wildman–Crippen MR) is 58.6 cm³/mol. The van der Waals surface area contributed by atoms with Crippen molar-refractivity contribution in [3.05, 3.63) is 0 Å². The van der Waals surface area contributed by atoms with E-state index in [0.717, 1.165) is 0 Å². The van der Waals surface area contributed by atoms with E-state index in [4.69, 9.17) is 8.85 Å². The predicted octanol–water partition coefficient (Wildman–Crippen LogP) is 2.69. The Kier molecular flexibility index (Phi) is 6.59. The summed E-state index contributed by atoms with van der Waals surface area (Å²) in [6, 6.07) is 0. The van der Waals surface area contributed by atoms with Crippen LogP contribution in [0.2, 0.25) is 33.3 Å². The van der Waals surface area contributed by atoms with E-state index in [1.54, 1.807) is 0 Å². The Morgan fingerprint density at radius 1 is 0.846 bits per heavy atom. The second-order valence-corrected chi connectivity index (χ2v) is 28.0. The monoisotopic (exact) mass is 408 g/mol. The molecule has 2 nitrogen and oxygen atoms in total. The van der Waals surface area contributed by atoms with Crippen molar-refractivity contribution in [2.45, 2.75) is 33.3 Å². The summed E-state index contributed by atoms with van der Waals surface area (Å²) in [5.74, 6) is 0. The molecule has 0 aliphatic heterocycles. The summed E-state index contributed by atoms with van der Waals surface area (Å²) in [5, 5.41) is 0. The summed E-state index contributed by atoms with van der Waals surface area (Å²) in [6.45, 7) is 9.31. The van der Waals surface area contributed by atoms with Gasteiger partial charge in [-0.3, -0.25) is 0 Å². The number of hydrogen-bond donors (Lipinski definition) is 0. The molecule has 0 radical (unpaired) electrons. The molecule has 0 rings (SSSR count). The SMILES string of the molecule is CO[Si](C)(C)[CH2][Hg][CH2][Si](C)(C)OC. The van der Waals surface area contributed by atoms with Gasteiger partial charge >= 0.3 is 97.6 Å². The van der Waals surface area contributed by atoms with Crippen molar-refractivity contribution in [1.29, 1.82) is 0 Å². The van der Waals surface area contributed by atoms with Crippen LogP contribution in [-0.2, 0) is 33.4 Å². The van der Waals surface area contributed by atoms with E-state index in [9.17, 15) is 0 Å². The zero-order valence-corrected chi connectivity index (χ0v) is 17.4. The molecule has 0 N–H and O–H groups in total. The molecule has 0 heterocycles. The van der Waals surface area contributed by atoms with Crippen molar-refractivity contribution < 1.29 is 33.4 Å². The van der Waals surface area contributed by atoms with E-state index in [-0.39, 0.29) is 0 Å². The fourth-order valence-corrected chi connectivity index (χ4v) is 34.8. The molecule has 0 fully saturated rings. The van der Waals surface area contributed by atoms with E-state index in [1.807, 2.05) is 14.2 Å². The Hall–Kier alpha value is 1.29.